The van der Waals surface area contributed by atoms with Gasteiger partial charge in [0.25, 0.3) is 0 Å². The summed E-state index contributed by atoms with van der Waals surface area (Å²) in [5, 5.41) is 3.80. The monoisotopic (exact) mass is 617 g/mol. The van der Waals surface area contributed by atoms with E-state index in [1.165, 1.54) is 37.4 Å². The van der Waals surface area contributed by atoms with Crippen LogP contribution in [0.3, 0.4) is 0 Å². The highest BCUT2D eigenvalue weighted by Gasteiger charge is 2.34. The van der Waals surface area contributed by atoms with Crippen LogP contribution in [-0.2, 0) is 26.3 Å². The van der Waals surface area contributed by atoms with E-state index in [0.29, 0.717) is 11.6 Å². The third-order valence-corrected chi connectivity index (χ3v) is 9.54. The molecule has 0 aromatic heterocycles. The van der Waals surface area contributed by atoms with Gasteiger partial charge in [-0.3, -0.25) is 4.99 Å². The van der Waals surface area contributed by atoms with Crippen LogP contribution in [0.5, 0.6) is 0 Å². The molecular weight excluding hydrogens is 587 g/mol. The summed E-state index contributed by atoms with van der Waals surface area (Å²) in [6, 6.07) is 17.0. The molecule has 0 saturated carbocycles. The van der Waals surface area contributed by atoms with Gasteiger partial charge in [0.1, 0.15) is 17.5 Å². The molecule has 0 fully saturated rings. The Morgan fingerprint density at radius 2 is 1.74 bits per heavy atom. The molecule has 12 heteroatoms. The summed E-state index contributed by atoms with van der Waals surface area (Å²) in [6.07, 6.45) is 1.25. The van der Waals surface area contributed by atoms with Gasteiger partial charge in [-0.05, 0) is 54.8 Å². The van der Waals surface area contributed by atoms with E-state index < -0.39 is 55.0 Å². The van der Waals surface area contributed by atoms with E-state index in [9.17, 15) is 30.0 Å². The molecule has 1 aliphatic rings. The van der Waals surface area contributed by atoms with E-state index in [1.807, 2.05) is 6.07 Å². The van der Waals surface area contributed by atoms with Crippen LogP contribution < -0.4 is 10.0 Å². The van der Waals surface area contributed by atoms with Crippen LogP contribution in [0.15, 0.2) is 101 Å². The molecule has 3 aromatic carbocycles. The average molecular weight is 618 g/mol. The van der Waals surface area contributed by atoms with Gasteiger partial charge < -0.3 is 5.32 Å². The highest BCUT2D eigenvalue weighted by molar-refractivity contribution is 7.92. The predicted octanol–water partition coefficient (Wildman–Crippen LogP) is 5.32. The van der Waals surface area contributed by atoms with E-state index in [1.54, 1.807) is 37.3 Å². The molecule has 0 bridgehead atoms. The molecule has 4 rings (SSSR count). The molecule has 2 N–H and O–H groups in total. The van der Waals surface area contributed by atoms with Gasteiger partial charge in [0, 0.05) is 41.8 Å². The molecule has 1 unspecified atom stereocenters. The van der Waals surface area contributed by atoms with Crippen molar-refractivity contribution < 1.29 is 30.0 Å². The van der Waals surface area contributed by atoms with Crippen LogP contribution in [0, 0.1) is 23.4 Å². The molecular formula is C30H30F3N3O4S2. The lowest BCUT2D eigenvalue weighted by Crippen LogP contribution is -2.35. The summed E-state index contributed by atoms with van der Waals surface area (Å²) in [4.78, 5) is 4.16. The fourth-order valence-corrected chi connectivity index (χ4v) is 7.56. The highest BCUT2D eigenvalue weighted by atomic mass is 32.2. The van der Waals surface area contributed by atoms with E-state index in [-0.39, 0.29) is 34.8 Å². The van der Waals surface area contributed by atoms with Gasteiger partial charge in [-0.1, -0.05) is 42.5 Å². The molecule has 3 aromatic rings. The largest absolute Gasteiger partial charge is 0.356 e. The molecule has 1 aliphatic heterocycles. The zero-order valence-corrected chi connectivity index (χ0v) is 24.5. The smallest absolute Gasteiger partial charge is 0.234 e. The Kier molecular flexibility index (Phi) is 9.70. The topological polar surface area (TPSA) is 105 Å². The number of nitrogens with one attached hydrogen (secondary N) is 2. The van der Waals surface area contributed by atoms with Crippen molar-refractivity contribution in [2.75, 3.05) is 23.9 Å². The Morgan fingerprint density at radius 1 is 1.02 bits per heavy atom. The summed E-state index contributed by atoms with van der Waals surface area (Å²) in [7, 11) is -6.37. The molecule has 2 atom stereocenters. The average Bonchev–Trinajstić information content (AvgIpc) is 2.92. The van der Waals surface area contributed by atoms with Gasteiger partial charge in [0.05, 0.1) is 22.9 Å². The molecule has 0 aliphatic carbocycles. The number of sulfonamides is 1. The molecule has 0 amide bonds. The summed E-state index contributed by atoms with van der Waals surface area (Å²) in [5.74, 6) is -3.86. The Bertz CT molecular complexity index is 1760. The number of anilines is 1. The van der Waals surface area contributed by atoms with E-state index in [2.05, 4.69) is 15.0 Å². The number of benzene rings is 3. The molecule has 0 saturated heterocycles. The number of hydrogen-bond donors (Lipinski definition) is 2. The first kappa shape index (κ1) is 31.2. The van der Waals surface area contributed by atoms with Crippen LogP contribution in [0.25, 0.3) is 0 Å². The van der Waals surface area contributed by atoms with E-state index in [0.717, 1.165) is 17.0 Å². The first-order valence-corrected chi connectivity index (χ1v) is 16.3. The number of allylic oxidation sites excluding steroid dienone is 2. The van der Waals surface area contributed by atoms with Crippen molar-refractivity contribution in [3.8, 4) is 0 Å². The van der Waals surface area contributed by atoms with Crippen LogP contribution in [0.4, 0.5) is 18.9 Å². The van der Waals surface area contributed by atoms with Crippen molar-refractivity contribution >= 4 is 31.3 Å². The lowest BCUT2D eigenvalue weighted by Gasteiger charge is -2.30. The second-order valence-corrected chi connectivity index (χ2v) is 13.6. The van der Waals surface area contributed by atoms with Crippen molar-refractivity contribution in [1.82, 2.24) is 4.72 Å². The lowest BCUT2D eigenvalue weighted by molar-refractivity contribution is 0.569. The van der Waals surface area contributed by atoms with Gasteiger partial charge in [-0.2, -0.15) is 0 Å². The van der Waals surface area contributed by atoms with Crippen LogP contribution in [0.2, 0.25) is 0 Å². The van der Waals surface area contributed by atoms with Crippen molar-refractivity contribution in [3.05, 3.63) is 124 Å². The minimum atomic E-state index is -4.00. The normalized spacial score (nSPS) is 18.3. The first-order chi connectivity index (χ1) is 19.9. The number of rotatable bonds is 10. The Hall–Kier alpha value is -3.74. The molecule has 0 radical (unpaired) electrons. The number of sulfone groups is 1. The summed E-state index contributed by atoms with van der Waals surface area (Å²) in [5.41, 5.74) is 1.54. The second kappa shape index (κ2) is 13.1. The van der Waals surface area contributed by atoms with Crippen LogP contribution in [0.1, 0.15) is 24.1 Å². The maximum Gasteiger partial charge on any atom is 0.234 e. The minimum Gasteiger partial charge on any atom is -0.356 e. The fourth-order valence-electron chi connectivity index (χ4n) is 4.79. The third-order valence-electron chi connectivity index (χ3n) is 6.72. The van der Waals surface area contributed by atoms with Crippen molar-refractivity contribution in [3.63, 3.8) is 0 Å². The van der Waals surface area contributed by atoms with Gasteiger partial charge in [0.15, 0.2) is 9.84 Å². The molecule has 0 spiro atoms. The Balaban J connectivity index is 1.75. The van der Waals surface area contributed by atoms with Gasteiger partial charge in [0.2, 0.25) is 10.0 Å². The Morgan fingerprint density at radius 3 is 2.40 bits per heavy atom. The maximum atomic E-state index is 14.7. The number of aliphatic imine (C=N–C) groups is 1. The predicted molar refractivity (Wildman–Crippen MR) is 159 cm³/mol. The summed E-state index contributed by atoms with van der Waals surface area (Å²) in [6.45, 7) is 1.68. The minimum absolute atomic E-state index is 0.0327. The van der Waals surface area contributed by atoms with Crippen molar-refractivity contribution in [1.29, 1.82) is 0 Å². The first-order valence-electron chi connectivity index (χ1n) is 13.0. The highest BCUT2D eigenvalue weighted by Crippen LogP contribution is 2.32. The summed E-state index contributed by atoms with van der Waals surface area (Å²) < 4.78 is 96.8. The molecule has 7 nitrogen and oxygen atoms in total. The number of nitrogens with zero attached hydrogens (tertiary/aromatic N) is 1. The quantitative estimate of drug-likeness (QED) is 0.300. The zero-order valence-electron chi connectivity index (χ0n) is 22.9. The zero-order chi connectivity index (χ0) is 30.5. The molecule has 222 valence electrons. The maximum absolute atomic E-state index is 14.7. The van der Waals surface area contributed by atoms with Gasteiger partial charge in [-0.25, -0.2) is 34.7 Å². The van der Waals surface area contributed by atoms with E-state index in [4.69, 9.17) is 0 Å². The summed E-state index contributed by atoms with van der Waals surface area (Å²) >= 11 is 0. The number of halogens is 3. The number of hydrogen-bond acceptors (Lipinski definition) is 6. The molecule has 42 heavy (non-hydrogen) atoms. The Labute approximate surface area is 243 Å². The van der Waals surface area contributed by atoms with Crippen LogP contribution >= 0.6 is 0 Å². The molecule has 1 heterocycles. The third kappa shape index (κ3) is 8.17. The standard InChI is InChI=1S/C30H30F3N3O4S2/c1-20(22-8-4-3-5-9-22)36-42(39,40)14-13-28(34-2)26-19-41(37,38)18-23(15-21-7-6-10-24(31)16-21)30(26)35-29-12-11-25(32)17-27(29)33/h3-14,16-17,20,23,35-36H,15,18-19H2,1-2H3/b14-13+,34-28?/t20-,23?/m0/s1. The van der Waals surface area contributed by atoms with Gasteiger partial charge in [-0.15, -0.1) is 0 Å². The van der Waals surface area contributed by atoms with Crippen LogP contribution in [-0.4, -0.2) is 41.1 Å². The van der Waals surface area contributed by atoms with Crippen molar-refractivity contribution in [2.24, 2.45) is 10.9 Å². The van der Waals surface area contributed by atoms with E-state index >= 15 is 0 Å². The lowest BCUT2D eigenvalue weighted by atomic mass is 9.92. The van der Waals surface area contributed by atoms with Crippen molar-refractivity contribution in [2.45, 2.75) is 19.4 Å². The second-order valence-electron chi connectivity index (χ2n) is 9.93. The fraction of sp³-hybridized carbons (Fsp3) is 0.233. The SMILES string of the molecule is CN=C(/C=C/S(=O)(=O)N[C@@H](C)c1ccccc1)C1=C(Nc2ccc(F)cc2F)C(Cc2cccc(F)c2)CS(=O)(=O)C1. The van der Waals surface area contributed by atoms with Gasteiger partial charge >= 0.3 is 0 Å².